The first kappa shape index (κ1) is 14.5. The molecule has 0 amide bonds. The standard InChI is InChI=1S/C16H11ClFIN2/c17-15-6-11(4-5-16(15)18)9-21-10-13(8-20-21)12-2-1-3-14(19)7-12/h1-8,10H,9H2. The maximum atomic E-state index is 13.1. The summed E-state index contributed by atoms with van der Waals surface area (Å²) in [6.07, 6.45) is 3.80. The Morgan fingerprint density at radius 3 is 2.76 bits per heavy atom. The van der Waals surface area contributed by atoms with Gasteiger partial charge in [-0.2, -0.15) is 5.10 Å². The fourth-order valence-corrected chi connectivity index (χ4v) is 2.84. The second kappa shape index (κ2) is 6.15. The van der Waals surface area contributed by atoms with Crippen LogP contribution in [0, 0.1) is 9.39 Å². The van der Waals surface area contributed by atoms with Crippen molar-refractivity contribution in [3.63, 3.8) is 0 Å². The lowest BCUT2D eigenvalue weighted by molar-refractivity contribution is 0.625. The molecule has 0 atom stereocenters. The summed E-state index contributed by atoms with van der Waals surface area (Å²) in [5.74, 6) is -0.402. The van der Waals surface area contributed by atoms with Crippen LogP contribution >= 0.6 is 34.2 Å². The van der Waals surface area contributed by atoms with Crippen LogP contribution in [0.2, 0.25) is 5.02 Å². The number of halogens is 3. The third kappa shape index (κ3) is 3.44. The van der Waals surface area contributed by atoms with E-state index in [2.05, 4.69) is 45.9 Å². The van der Waals surface area contributed by atoms with E-state index in [1.54, 1.807) is 12.1 Å². The van der Waals surface area contributed by atoms with E-state index in [9.17, 15) is 4.39 Å². The van der Waals surface area contributed by atoms with Crippen molar-refractivity contribution in [3.8, 4) is 11.1 Å². The van der Waals surface area contributed by atoms with Crippen LogP contribution in [0.15, 0.2) is 54.9 Å². The molecule has 0 spiro atoms. The van der Waals surface area contributed by atoms with Crippen molar-refractivity contribution < 1.29 is 4.39 Å². The molecule has 0 aliphatic rings. The summed E-state index contributed by atoms with van der Waals surface area (Å²) in [7, 11) is 0. The van der Waals surface area contributed by atoms with Crippen LogP contribution in [0.4, 0.5) is 4.39 Å². The van der Waals surface area contributed by atoms with Gasteiger partial charge in [0.15, 0.2) is 0 Å². The normalized spacial score (nSPS) is 10.8. The molecule has 106 valence electrons. The maximum Gasteiger partial charge on any atom is 0.141 e. The molecule has 2 aromatic carbocycles. The zero-order valence-electron chi connectivity index (χ0n) is 10.9. The lowest BCUT2D eigenvalue weighted by Gasteiger charge is -2.03. The van der Waals surface area contributed by atoms with E-state index >= 15 is 0 Å². The Bertz CT molecular complexity index is 785. The van der Waals surface area contributed by atoms with E-state index in [1.165, 1.54) is 9.64 Å². The first-order valence-corrected chi connectivity index (χ1v) is 7.80. The van der Waals surface area contributed by atoms with Crippen molar-refractivity contribution in [2.75, 3.05) is 0 Å². The second-order valence-corrected chi connectivity index (χ2v) is 6.34. The molecule has 0 aliphatic carbocycles. The van der Waals surface area contributed by atoms with Crippen LogP contribution in [0.5, 0.6) is 0 Å². The molecule has 0 bridgehead atoms. The zero-order chi connectivity index (χ0) is 14.8. The molecule has 0 N–H and O–H groups in total. The third-order valence-corrected chi connectivity index (χ3v) is 4.08. The minimum absolute atomic E-state index is 0.137. The minimum Gasteiger partial charge on any atom is -0.268 e. The van der Waals surface area contributed by atoms with Gasteiger partial charge >= 0.3 is 0 Å². The summed E-state index contributed by atoms with van der Waals surface area (Å²) in [6, 6.07) is 13.0. The second-order valence-electron chi connectivity index (χ2n) is 4.69. The Morgan fingerprint density at radius 1 is 1.14 bits per heavy atom. The van der Waals surface area contributed by atoms with Gasteiger partial charge in [0.1, 0.15) is 5.82 Å². The molecule has 2 nitrogen and oxygen atoms in total. The summed E-state index contributed by atoms with van der Waals surface area (Å²) in [4.78, 5) is 0. The minimum atomic E-state index is -0.402. The van der Waals surface area contributed by atoms with Gasteiger partial charge in [-0.3, -0.25) is 4.68 Å². The van der Waals surface area contributed by atoms with E-state index < -0.39 is 5.82 Å². The average Bonchev–Trinajstić information content (AvgIpc) is 2.91. The Hall–Kier alpha value is -1.40. The third-order valence-electron chi connectivity index (χ3n) is 3.12. The Balaban J connectivity index is 1.83. The molecular formula is C16H11ClFIN2. The summed E-state index contributed by atoms with van der Waals surface area (Å²) in [5.41, 5.74) is 3.10. The van der Waals surface area contributed by atoms with Gasteiger partial charge in [-0.1, -0.05) is 29.8 Å². The fraction of sp³-hybridized carbons (Fsp3) is 0.0625. The first-order valence-electron chi connectivity index (χ1n) is 6.34. The topological polar surface area (TPSA) is 17.8 Å². The molecule has 3 rings (SSSR count). The lowest BCUT2D eigenvalue weighted by Crippen LogP contribution is -2.00. The average molecular weight is 413 g/mol. The van der Waals surface area contributed by atoms with Crippen LogP contribution in [0.3, 0.4) is 0 Å². The number of nitrogens with zero attached hydrogens (tertiary/aromatic N) is 2. The molecule has 0 radical (unpaired) electrons. The molecule has 3 aromatic rings. The molecule has 1 aromatic heterocycles. The number of rotatable bonds is 3. The molecule has 1 heterocycles. The predicted molar refractivity (Wildman–Crippen MR) is 90.9 cm³/mol. The Kier molecular flexibility index (Phi) is 4.26. The highest BCUT2D eigenvalue weighted by atomic mass is 127. The highest BCUT2D eigenvalue weighted by Crippen LogP contribution is 2.21. The molecule has 0 unspecified atom stereocenters. The van der Waals surface area contributed by atoms with Gasteiger partial charge in [0, 0.05) is 15.3 Å². The number of benzene rings is 2. The van der Waals surface area contributed by atoms with Gasteiger partial charge in [0.2, 0.25) is 0 Å². The molecule has 5 heteroatoms. The molecule has 0 saturated carbocycles. The van der Waals surface area contributed by atoms with E-state index in [0.29, 0.717) is 6.54 Å². The lowest BCUT2D eigenvalue weighted by atomic mass is 10.1. The predicted octanol–water partition coefficient (Wildman–Crippen LogP) is 5.00. The van der Waals surface area contributed by atoms with Gasteiger partial charge in [-0.25, -0.2) is 4.39 Å². The molecular weight excluding hydrogens is 402 g/mol. The molecule has 21 heavy (non-hydrogen) atoms. The van der Waals surface area contributed by atoms with E-state index in [1.807, 2.05) is 23.1 Å². The zero-order valence-corrected chi connectivity index (χ0v) is 13.8. The smallest absolute Gasteiger partial charge is 0.141 e. The van der Waals surface area contributed by atoms with Crippen LogP contribution in [-0.2, 0) is 6.54 Å². The van der Waals surface area contributed by atoms with Crippen molar-refractivity contribution in [1.82, 2.24) is 9.78 Å². The number of aromatic nitrogens is 2. The quantitative estimate of drug-likeness (QED) is 0.554. The van der Waals surface area contributed by atoms with E-state index in [-0.39, 0.29) is 5.02 Å². The fourth-order valence-electron chi connectivity index (χ4n) is 2.09. The van der Waals surface area contributed by atoms with Crippen molar-refractivity contribution >= 4 is 34.2 Å². The first-order chi connectivity index (χ1) is 10.1. The monoisotopic (exact) mass is 412 g/mol. The van der Waals surface area contributed by atoms with E-state index in [0.717, 1.165) is 16.7 Å². The maximum absolute atomic E-state index is 13.1. The number of hydrogen-bond donors (Lipinski definition) is 0. The van der Waals surface area contributed by atoms with Gasteiger partial charge in [0.05, 0.1) is 17.8 Å². The number of hydrogen-bond acceptors (Lipinski definition) is 1. The van der Waals surface area contributed by atoms with Gasteiger partial charge in [-0.05, 0) is 58.0 Å². The van der Waals surface area contributed by atoms with Gasteiger partial charge < -0.3 is 0 Å². The van der Waals surface area contributed by atoms with Crippen LogP contribution in [0.25, 0.3) is 11.1 Å². The van der Waals surface area contributed by atoms with Crippen molar-refractivity contribution in [1.29, 1.82) is 0 Å². The SMILES string of the molecule is Fc1ccc(Cn2cc(-c3cccc(I)c3)cn2)cc1Cl. The highest BCUT2D eigenvalue weighted by Gasteiger charge is 2.05. The molecule has 0 fully saturated rings. The van der Waals surface area contributed by atoms with Crippen LogP contribution < -0.4 is 0 Å². The van der Waals surface area contributed by atoms with E-state index in [4.69, 9.17) is 11.6 Å². The molecule has 0 aliphatic heterocycles. The van der Waals surface area contributed by atoms with Crippen molar-refractivity contribution in [3.05, 3.63) is 74.8 Å². The largest absolute Gasteiger partial charge is 0.268 e. The summed E-state index contributed by atoms with van der Waals surface area (Å²) in [6.45, 7) is 0.559. The Morgan fingerprint density at radius 2 is 2.00 bits per heavy atom. The van der Waals surface area contributed by atoms with Gasteiger partial charge in [-0.15, -0.1) is 0 Å². The van der Waals surface area contributed by atoms with Gasteiger partial charge in [0.25, 0.3) is 0 Å². The van der Waals surface area contributed by atoms with Crippen molar-refractivity contribution in [2.45, 2.75) is 6.54 Å². The molecule has 0 saturated heterocycles. The van der Waals surface area contributed by atoms with Crippen molar-refractivity contribution in [2.24, 2.45) is 0 Å². The summed E-state index contributed by atoms with van der Waals surface area (Å²) >= 11 is 8.08. The van der Waals surface area contributed by atoms with Crippen LogP contribution in [-0.4, -0.2) is 9.78 Å². The summed E-state index contributed by atoms with van der Waals surface area (Å²) < 4.78 is 16.1. The Labute approximate surface area is 140 Å². The highest BCUT2D eigenvalue weighted by molar-refractivity contribution is 14.1. The van der Waals surface area contributed by atoms with Crippen LogP contribution in [0.1, 0.15) is 5.56 Å². The summed E-state index contributed by atoms with van der Waals surface area (Å²) in [5, 5.41) is 4.48.